The molecule has 0 bridgehead atoms. The summed E-state index contributed by atoms with van der Waals surface area (Å²) in [5.41, 5.74) is 5.33. The van der Waals surface area contributed by atoms with Crippen LogP contribution in [0, 0.1) is 0 Å². The summed E-state index contributed by atoms with van der Waals surface area (Å²) in [6.45, 7) is 0.238. The molecule has 4 N–H and O–H groups in total. The molecule has 17 heavy (non-hydrogen) atoms. The maximum absolute atomic E-state index is 11.8. The monoisotopic (exact) mass is 256 g/mol. The summed E-state index contributed by atoms with van der Waals surface area (Å²) in [5, 5.41) is -0.149. The van der Waals surface area contributed by atoms with Gasteiger partial charge in [-0.2, -0.15) is 0 Å². The van der Waals surface area contributed by atoms with Crippen LogP contribution in [0.4, 0.5) is 0 Å². The fourth-order valence-electron chi connectivity index (χ4n) is 1.24. The number of nitrogens with zero attached hydrogens (tertiary/aromatic N) is 1. The van der Waals surface area contributed by atoms with Gasteiger partial charge >= 0.3 is 0 Å². The van der Waals surface area contributed by atoms with Crippen molar-refractivity contribution in [2.75, 3.05) is 0 Å². The molecule has 0 unspecified atom stereocenters. The van der Waals surface area contributed by atoms with Crippen molar-refractivity contribution in [2.24, 2.45) is 5.73 Å². The lowest BCUT2D eigenvalue weighted by molar-refractivity contribution is 0.412. The topological polar surface area (TPSA) is 114 Å². The molecule has 2 rings (SSSR count). The van der Waals surface area contributed by atoms with E-state index in [1.807, 2.05) is 0 Å². The van der Waals surface area contributed by atoms with Crippen LogP contribution in [0.5, 0.6) is 0 Å². The minimum atomic E-state index is -3.66. The number of nitrogens with one attached hydrogen (secondary N) is 2. The number of sulfonamides is 1. The SMILES string of the molecule is NCc1ccc(S(=O)(=O)NCc2ncc[nH]2)o1. The Labute approximate surface area is 98.1 Å². The first-order chi connectivity index (χ1) is 8.12. The van der Waals surface area contributed by atoms with E-state index < -0.39 is 10.0 Å². The number of hydrogen-bond acceptors (Lipinski definition) is 5. The maximum atomic E-state index is 11.8. The van der Waals surface area contributed by atoms with Gasteiger partial charge in [-0.25, -0.2) is 18.1 Å². The Hall–Kier alpha value is -1.64. The first-order valence-corrected chi connectivity index (χ1v) is 6.37. The number of hydrogen-bond donors (Lipinski definition) is 3. The normalized spacial score (nSPS) is 11.8. The molecule has 92 valence electrons. The first-order valence-electron chi connectivity index (χ1n) is 4.88. The summed E-state index contributed by atoms with van der Waals surface area (Å²) in [5.74, 6) is 0.947. The van der Waals surface area contributed by atoms with Crippen molar-refractivity contribution in [1.29, 1.82) is 0 Å². The molecule has 2 aromatic rings. The zero-order valence-corrected chi connectivity index (χ0v) is 9.70. The van der Waals surface area contributed by atoms with Crippen LogP contribution >= 0.6 is 0 Å². The van der Waals surface area contributed by atoms with Crippen molar-refractivity contribution in [1.82, 2.24) is 14.7 Å². The van der Waals surface area contributed by atoms with E-state index >= 15 is 0 Å². The number of furan rings is 1. The summed E-state index contributed by atoms with van der Waals surface area (Å²) in [6.07, 6.45) is 3.16. The lowest BCUT2D eigenvalue weighted by atomic mass is 10.5. The van der Waals surface area contributed by atoms with Crippen LogP contribution in [0.2, 0.25) is 0 Å². The second kappa shape index (κ2) is 4.70. The van der Waals surface area contributed by atoms with E-state index in [2.05, 4.69) is 14.7 Å². The summed E-state index contributed by atoms with van der Waals surface area (Å²) in [4.78, 5) is 6.69. The van der Waals surface area contributed by atoms with Crippen molar-refractivity contribution in [3.05, 3.63) is 36.1 Å². The van der Waals surface area contributed by atoms with Crippen LogP contribution < -0.4 is 10.5 Å². The predicted octanol–water partition coefficient (Wildman–Crippen LogP) is -0.0601. The summed E-state index contributed by atoms with van der Waals surface area (Å²) < 4.78 is 31.0. The van der Waals surface area contributed by atoms with Gasteiger partial charge in [-0.3, -0.25) is 0 Å². The van der Waals surface area contributed by atoms with Crippen molar-refractivity contribution in [3.8, 4) is 0 Å². The molecule has 0 spiro atoms. The summed E-state index contributed by atoms with van der Waals surface area (Å²) >= 11 is 0. The Morgan fingerprint density at radius 1 is 1.47 bits per heavy atom. The fraction of sp³-hybridized carbons (Fsp3) is 0.222. The second-order valence-corrected chi connectivity index (χ2v) is 4.98. The van der Waals surface area contributed by atoms with Crippen molar-refractivity contribution >= 4 is 10.0 Å². The minimum Gasteiger partial charge on any atom is -0.447 e. The second-order valence-electron chi connectivity index (χ2n) is 3.29. The third kappa shape index (κ3) is 2.73. The van der Waals surface area contributed by atoms with Gasteiger partial charge in [-0.1, -0.05) is 0 Å². The molecule has 0 atom stereocenters. The van der Waals surface area contributed by atoms with E-state index in [0.29, 0.717) is 11.6 Å². The fourth-order valence-corrected chi connectivity index (χ4v) is 2.17. The Kier molecular flexibility index (Phi) is 3.27. The molecule has 0 aliphatic rings. The Bertz CT molecular complexity index is 573. The van der Waals surface area contributed by atoms with Crippen LogP contribution in [0.3, 0.4) is 0 Å². The molecule has 0 saturated carbocycles. The van der Waals surface area contributed by atoms with Crippen LogP contribution in [-0.4, -0.2) is 18.4 Å². The zero-order chi connectivity index (χ0) is 12.3. The van der Waals surface area contributed by atoms with Crippen LogP contribution in [-0.2, 0) is 23.1 Å². The molecule has 0 aliphatic heterocycles. The van der Waals surface area contributed by atoms with E-state index in [1.165, 1.54) is 12.1 Å². The third-order valence-corrected chi connectivity index (χ3v) is 3.36. The van der Waals surface area contributed by atoms with Gasteiger partial charge in [0.25, 0.3) is 10.0 Å². The maximum Gasteiger partial charge on any atom is 0.274 e. The molecule has 2 heterocycles. The van der Waals surface area contributed by atoms with Crippen molar-refractivity contribution in [3.63, 3.8) is 0 Å². The van der Waals surface area contributed by atoms with E-state index in [1.54, 1.807) is 12.4 Å². The third-order valence-electron chi connectivity index (χ3n) is 2.09. The van der Waals surface area contributed by atoms with Gasteiger partial charge in [-0.15, -0.1) is 0 Å². The molecular weight excluding hydrogens is 244 g/mol. The predicted molar refractivity (Wildman–Crippen MR) is 59.2 cm³/mol. The molecule has 0 aliphatic carbocycles. The molecule has 8 heteroatoms. The van der Waals surface area contributed by atoms with Crippen LogP contribution in [0.15, 0.2) is 34.0 Å². The number of aromatic amines is 1. The number of rotatable bonds is 5. The number of imidazole rings is 1. The minimum absolute atomic E-state index is 0.0774. The Balaban J connectivity index is 2.08. The van der Waals surface area contributed by atoms with Crippen LogP contribution in [0.1, 0.15) is 11.6 Å². The van der Waals surface area contributed by atoms with Crippen molar-refractivity contribution < 1.29 is 12.8 Å². The highest BCUT2D eigenvalue weighted by molar-refractivity contribution is 7.89. The lowest BCUT2D eigenvalue weighted by Crippen LogP contribution is -2.23. The van der Waals surface area contributed by atoms with Gasteiger partial charge in [0.05, 0.1) is 13.1 Å². The number of aromatic nitrogens is 2. The standard InChI is InChI=1S/C9H12N4O3S/c10-5-7-1-2-9(16-7)17(14,15)13-6-8-11-3-4-12-8/h1-4,13H,5-6,10H2,(H,11,12). The molecular formula is C9H12N4O3S. The van der Waals surface area contributed by atoms with Gasteiger partial charge in [-0.05, 0) is 12.1 Å². The van der Waals surface area contributed by atoms with Gasteiger partial charge < -0.3 is 15.1 Å². The molecule has 0 saturated heterocycles. The molecule has 0 fully saturated rings. The largest absolute Gasteiger partial charge is 0.447 e. The van der Waals surface area contributed by atoms with E-state index in [-0.39, 0.29) is 18.2 Å². The van der Waals surface area contributed by atoms with Gasteiger partial charge in [0.15, 0.2) is 0 Å². The Morgan fingerprint density at radius 3 is 2.88 bits per heavy atom. The van der Waals surface area contributed by atoms with E-state index in [0.717, 1.165) is 0 Å². The van der Waals surface area contributed by atoms with E-state index in [9.17, 15) is 8.42 Å². The zero-order valence-electron chi connectivity index (χ0n) is 8.88. The quantitative estimate of drug-likeness (QED) is 0.693. The Morgan fingerprint density at radius 2 is 2.29 bits per heavy atom. The van der Waals surface area contributed by atoms with E-state index in [4.69, 9.17) is 10.2 Å². The molecule has 0 radical (unpaired) electrons. The molecule has 0 aromatic carbocycles. The highest BCUT2D eigenvalue weighted by atomic mass is 32.2. The highest BCUT2D eigenvalue weighted by Crippen LogP contribution is 2.13. The van der Waals surface area contributed by atoms with Gasteiger partial charge in [0.1, 0.15) is 11.6 Å². The summed E-state index contributed by atoms with van der Waals surface area (Å²) in [7, 11) is -3.66. The smallest absolute Gasteiger partial charge is 0.274 e. The highest BCUT2D eigenvalue weighted by Gasteiger charge is 2.18. The van der Waals surface area contributed by atoms with Crippen molar-refractivity contribution in [2.45, 2.75) is 18.2 Å². The molecule has 2 aromatic heterocycles. The average molecular weight is 256 g/mol. The number of H-pyrrole nitrogens is 1. The lowest BCUT2D eigenvalue weighted by Gasteiger charge is -2.01. The molecule has 0 amide bonds. The molecule has 7 nitrogen and oxygen atoms in total. The first kappa shape index (κ1) is 11.8. The van der Waals surface area contributed by atoms with Gasteiger partial charge in [0.2, 0.25) is 5.09 Å². The number of nitrogens with two attached hydrogens (primary N) is 1. The average Bonchev–Trinajstić information content (AvgIpc) is 2.98. The van der Waals surface area contributed by atoms with Crippen LogP contribution in [0.25, 0.3) is 0 Å². The summed E-state index contributed by atoms with van der Waals surface area (Å²) in [6, 6.07) is 2.90. The van der Waals surface area contributed by atoms with Gasteiger partial charge in [0, 0.05) is 12.4 Å².